The SMILES string of the molecule is Cc1cc2c(-c3ccccc3)ccc(C)c2[cH-]1.[Cl][Zr][Cl].[Zr]. The molecule has 0 fully saturated rings. The molecule has 0 aliphatic carbocycles. The molecule has 3 aromatic carbocycles. The first-order valence-corrected chi connectivity index (χ1v) is 12.7. The van der Waals surface area contributed by atoms with E-state index < -0.39 is 20.8 Å². The fourth-order valence-corrected chi connectivity index (χ4v) is 2.46. The van der Waals surface area contributed by atoms with Gasteiger partial charge in [-0.1, -0.05) is 55.8 Å². The molecule has 106 valence electrons. The molecule has 0 aliphatic heterocycles. The van der Waals surface area contributed by atoms with E-state index in [0.29, 0.717) is 0 Å². The van der Waals surface area contributed by atoms with Crippen LogP contribution in [0.5, 0.6) is 0 Å². The summed E-state index contributed by atoms with van der Waals surface area (Å²) in [4.78, 5) is 0. The Labute approximate surface area is 164 Å². The smallest absolute Gasteiger partial charge is 0 e. The summed E-state index contributed by atoms with van der Waals surface area (Å²) >= 11 is -0.826. The fourth-order valence-electron chi connectivity index (χ4n) is 2.46. The zero-order valence-corrected chi connectivity index (χ0v) is 18.4. The standard InChI is InChI=1S/C17H15.2ClH.2Zr/c1-12-10-16-13(2)8-9-15(17(16)11-12)14-6-4-3-5-7-14;;;;/h3-11H,1-2H3;2*1H;;/q-1;;;;+2/p-2. The molecule has 0 nitrogen and oxygen atoms in total. The number of halogens is 2. The minimum Gasteiger partial charge on any atom is 0 e. The molecule has 3 aromatic rings. The predicted octanol–water partition coefficient (Wildman–Crippen LogP) is 6.22. The van der Waals surface area contributed by atoms with Crippen LogP contribution in [0.25, 0.3) is 21.9 Å². The van der Waals surface area contributed by atoms with Gasteiger partial charge < -0.3 is 0 Å². The van der Waals surface area contributed by atoms with Crippen molar-refractivity contribution < 1.29 is 47.1 Å². The summed E-state index contributed by atoms with van der Waals surface area (Å²) in [7, 11) is 9.87. The fraction of sp³-hybridized carbons (Fsp3) is 0.118. The van der Waals surface area contributed by atoms with Gasteiger partial charge in [-0.05, 0) is 5.56 Å². The molecule has 0 radical (unpaired) electrons. The van der Waals surface area contributed by atoms with E-state index in [1.165, 1.54) is 33.0 Å². The molecule has 21 heavy (non-hydrogen) atoms. The maximum absolute atomic E-state index is 4.93. The molecule has 0 heterocycles. The largest absolute Gasteiger partial charge is 0 e. The van der Waals surface area contributed by atoms with E-state index in [-0.39, 0.29) is 26.2 Å². The van der Waals surface area contributed by atoms with Crippen molar-refractivity contribution in [3.05, 3.63) is 65.7 Å². The summed E-state index contributed by atoms with van der Waals surface area (Å²) in [6, 6.07) is 19.6. The van der Waals surface area contributed by atoms with Crippen molar-refractivity contribution in [2.75, 3.05) is 0 Å². The van der Waals surface area contributed by atoms with E-state index in [4.69, 9.17) is 17.0 Å². The molecule has 0 unspecified atom stereocenters. The van der Waals surface area contributed by atoms with Crippen LogP contribution >= 0.6 is 17.0 Å². The van der Waals surface area contributed by atoms with Crippen LogP contribution in [0.15, 0.2) is 54.6 Å². The summed E-state index contributed by atoms with van der Waals surface area (Å²) in [6.07, 6.45) is 0. The summed E-state index contributed by atoms with van der Waals surface area (Å²) < 4.78 is 0. The van der Waals surface area contributed by atoms with Gasteiger partial charge in [0, 0.05) is 26.2 Å². The number of rotatable bonds is 1. The quantitative estimate of drug-likeness (QED) is 0.369. The average molecular weight is 473 g/mol. The number of hydrogen-bond donors (Lipinski definition) is 0. The second-order valence-corrected chi connectivity index (χ2v) is 8.46. The Morgan fingerprint density at radius 2 is 1.57 bits per heavy atom. The van der Waals surface area contributed by atoms with Crippen LogP contribution in [0.1, 0.15) is 11.1 Å². The van der Waals surface area contributed by atoms with Crippen LogP contribution in [0.2, 0.25) is 0 Å². The number of hydrogen-bond acceptors (Lipinski definition) is 0. The van der Waals surface area contributed by atoms with Crippen LogP contribution in [-0.4, -0.2) is 0 Å². The van der Waals surface area contributed by atoms with Gasteiger partial charge in [-0.15, -0.1) is 34.0 Å². The molecular weight excluding hydrogens is 458 g/mol. The molecule has 3 rings (SSSR count). The van der Waals surface area contributed by atoms with Gasteiger partial charge in [0.25, 0.3) is 0 Å². The molecule has 0 aliphatic rings. The minimum atomic E-state index is -0.826. The van der Waals surface area contributed by atoms with Crippen LogP contribution in [-0.2, 0) is 47.1 Å². The molecule has 0 saturated heterocycles. The molecular formula is C17H15Cl2Zr2-. The van der Waals surface area contributed by atoms with Gasteiger partial charge >= 0.3 is 37.9 Å². The van der Waals surface area contributed by atoms with Crippen molar-refractivity contribution in [1.29, 1.82) is 0 Å². The van der Waals surface area contributed by atoms with Crippen LogP contribution in [0.3, 0.4) is 0 Å². The van der Waals surface area contributed by atoms with Crippen molar-refractivity contribution in [3.8, 4) is 11.1 Å². The van der Waals surface area contributed by atoms with Crippen molar-refractivity contribution in [3.63, 3.8) is 0 Å². The van der Waals surface area contributed by atoms with Gasteiger partial charge in [0.15, 0.2) is 0 Å². The van der Waals surface area contributed by atoms with Crippen molar-refractivity contribution in [1.82, 2.24) is 0 Å². The normalized spacial score (nSPS) is 9.52. The Balaban J connectivity index is 0.000000510. The Morgan fingerprint density at radius 1 is 0.952 bits per heavy atom. The number of benzene rings is 2. The maximum Gasteiger partial charge on any atom is 0 e. The molecule has 4 heteroatoms. The van der Waals surface area contributed by atoms with Crippen molar-refractivity contribution >= 4 is 27.8 Å². The summed E-state index contributed by atoms with van der Waals surface area (Å²) in [6.45, 7) is 4.34. The van der Waals surface area contributed by atoms with E-state index in [1.54, 1.807) is 0 Å². The van der Waals surface area contributed by atoms with Crippen molar-refractivity contribution in [2.45, 2.75) is 13.8 Å². The molecule has 0 spiro atoms. The molecule has 0 atom stereocenters. The van der Waals surface area contributed by atoms with Crippen LogP contribution < -0.4 is 0 Å². The number of aryl methyl sites for hydroxylation is 2. The third kappa shape index (κ3) is 4.94. The Morgan fingerprint density at radius 3 is 2.19 bits per heavy atom. The minimum absolute atomic E-state index is 0. The van der Waals surface area contributed by atoms with Gasteiger partial charge in [-0.25, -0.2) is 0 Å². The summed E-state index contributed by atoms with van der Waals surface area (Å²) in [5.74, 6) is 0. The van der Waals surface area contributed by atoms with E-state index in [9.17, 15) is 0 Å². The van der Waals surface area contributed by atoms with Crippen LogP contribution in [0, 0.1) is 13.8 Å². The monoisotopic (exact) mass is 469 g/mol. The average Bonchev–Trinajstić information content (AvgIpc) is 2.84. The molecule has 0 saturated carbocycles. The molecule has 0 aromatic heterocycles. The Bertz CT molecular complexity index is 691. The first kappa shape index (κ1) is 19.4. The molecule has 0 amide bonds. The Hall–Kier alpha value is 0.396. The number of fused-ring (bicyclic) bond motifs is 1. The van der Waals surface area contributed by atoms with E-state index >= 15 is 0 Å². The van der Waals surface area contributed by atoms with Gasteiger partial charge in [0.05, 0.1) is 0 Å². The van der Waals surface area contributed by atoms with Gasteiger partial charge in [0.2, 0.25) is 0 Å². The van der Waals surface area contributed by atoms with Crippen LogP contribution in [0.4, 0.5) is 0 Å². The topological polar surface area (TPSA) is 0 Å². The summed E-state index contributed by atoms with van der Waals surface area (Å²) in [5.41, 5.74) is 5.32. The first-order valence-electron chi connectivity index (χ1n) is 6.35. The third-order valence-electron chi connectivity index (χ3n) is 3.33. The molecule has 0 N–H and O–H groups in total. The predicted molar refractivity (Wildman–Crippen MR) is 86.2 cm³/mol. The third-order valence-corrected chi connectivity index (χ3v) is 3.33. The first-order chi connectivity index (χ1) is 9.67. The second-order valence-electron chi connectivity index (χ2n) is 4.73. The molecule has 0 bridgehead atoms. The second kappa shape index (κ2) is 9.52. The zero-order valence-electron chi connectivity index (χ0n) is 12.0. The zero-order chi connectivity index (χ0) is 14.5. The van der Waals surface area contributed by atoms with E-state index in [0.717, 1.165) is 0 Å². The van der Waals surface area contributed by atoms with E-state index in [2.05, 4.69) is 68.4 Å². The summed E-state index contributed by atoms with van der Waals surface area (Å²) in [5, 5.41) is 2.75. The van der Waals surface area contributed by atoms with Gasteiger partial charge in [-0.2, -0.15) is 6.07 Å². The van der Waals surface area contributed by atoms with E-state index in [1.807, 2.05) is 0 Å². The van der Waals surface area contributed by atoms with Gasteiger partial charge in [0.1, 0.15) is 0 Å². The van der Waals surface area contributed by atoms with Gasteiger partial charge in [-0.3, -0.25) is 0 Å². The van der Waals surface area contributed by atoms with Crippen molar-refractivity contribution in [2.24, 2.45) is 0 Å². The Kier molecular flexibility index (Phi) is 8.81. The maximum atomic E-state index is 4.93.